The van der Waals surface area contributed by atoms with Gasteiger partial charge < -0.3 is 5.11 Å². The van der Waals surface area contributed by atoms with Crippen LogP contribution in [0.3, 0.4) is 0 Å². The van der Waals surface area contributed by atoms with Gasteiger partial charge in [0.25, 0.3) is 0 Å². The summed E-state index contributed by atoms with van der Waals surface area (Å²) in [4.78, 5) is 0. The Bertz CT molecular complexity index is 318. The minimum atomic E-state index is -4.34. The summed E-state index contributed by atoms with van der Waals surface area (Å²) < 4.78 is 36.8. The summed E-state index contributed by atoms with van der Waals surface area (Å²) >= 11 is 0. The van der Waals surface area contributed by atoms with Gasteiger partial charge in [-0.15, -0.1) is 0 Å². The lowest BCUT2D eigenvalue weighted by Crippen LogP contribution is -2.05. The van der Waals surface area contributed by atoms with Crippen molar-refractivity contribution in [1.82, 2.24) is 0 Å². The van der Waals surface area contributed by atoms with Gasteiger partial charge in [0.2, 0.25) is 0 Å². The maximum Gasteiger partial charge on any atom is 0.416 e. The summed E-state index contributed by atoms with van der Waals surface area (Å²) in [6, 6.07) is 2.97. The van der Waals surface area contributed by atoms with E-state index < -0.39 is 11.7 Å². The van der Waals surface area contributed by atoms with Crippen LogP contribution in [0.1, 0.15) is 24.5 Å². The van der Waals surface area contributed by atoms with Gasteiger partial charge in [-0.3, -0.25) is 0 Å². The molecule has 0 radical (unpaired) electrons. The number of alkyl halides is 3. The Morgan fingerprint density at radius 2 is 1.93 bits per heavy atom. The third kappa shape index (κ3) is 2.40. The first kappa shape index (κ1) is 10.9. The average Bonchev–Trinajstić information content (AvgIpc) is 2.07. The number of rotatable bonds is 2. The summed E-state index contributed by atoms with van der Waals surface area (Å²) in [7, 11) is 0. The fourth-order valence-corrected chi connectivity index (χ4v) is 1.23. The molecule has 1 N–H and O–H groups in total. The van der Waals surface area contributed by atoms with Crippen molar-refractivity contribution in [2.75, 3.05) is 0 Å². The number of benzene rings is 1. The largest absolute Gasteiger partial charge is 0.508 e. The second-order valence-electron chi connectivity index (χ2n) is 3.09. The molecule has 0 aliphatic heterocycles. The molecule has 78 valence electrons. The first-order chi connectivity index (χ1) is 6.45. The molecule has 0 bridgehead atoms. The fourth-order valence-electron chi connectivity index (χ4n) is 1.23. The highest BCUT2D eigenvalue weighted by Gasteiger charge is 2.30. The lowest BCUT2D eigenvalue weighted by atomic mass is 10.1. The van der Waals surface area contributed by atoms with Gasteiger partial charge in [-0.2, -0.15) is 13.2 Å². The van der Waals surface area contributed by atoms with E-state index >= 15 is 0 Å². The van der Waals surface area contributed by atoms with Gasteiger partial charge in [0.15, 0.2) is 0 Å². The molecule has 0 aliphatic rings. The molecule has 0 unspecified atom stereocenters. The molecule has 0 spiro atoms. The normalized spacial score (nSPS) is 11.7. The van der Waals surface area contributed by atoms with Gasteiger partial charge >= 0.3 is 6.18 Å². The molecular weight excluding hydrogens is 193 g/mol. The van der Waals surface area contributed by atoms with Crippen molar-refractivity contribution in [3.05, 3.63) is 29.3 Å². The van der Waals surface area contributed by atoms with Crippen LogP contribution in [-0.2, 0) is 12.6 Å². The molecule has 0 aromatic heterocycles. The van der Waals surface area contributed by atoms with E-state index in [4.69, 9.17) is 0 Å². The highest BCUT2D eigenvalue weighted by molar-refractivity contribution is 5.37. The van der Waals surface area contributed by atoms with Crippen molar-refractivity contribution < 1.29 is 18.3 Å². The molecule has 1 aromatic rings. The van der Waals surface area contributed by atoms with Gasteiger partial charge in [-0.25, -0.2) is 0 Å². The van der Waals surface area contributed by atoms with Crippen LogP contribution >= 0.6 is 0 Å². The second-order valence-corrected chi connectivity index (χ2v) is 3.09. The minimum Gasteiger partial charge on any atom is -0.508 e. The van der Waals surface area contributed by atoms with Crippen LogP contribution in [0.25, 0.3) is 0 Å². The SMILES string of the molecule is CCCc1cc(C(F)(F)F)ccc1O. The Balaban J connectivity index is 3.06. The van der Waals surface area contributed by atoms with Gasteiger partial charge in [0, 0.05) is 0 Å². The van der Waals surface area contributed by atoms with E-state index in [0.717, 1.165) is 18.2 Å². The van der Waals surface area contributed by atoms with Crippen molar-refractivity contribution in [2.24, 2.45) is 0 Å². The van der Waals surface area contributed by atoms with Crippen molar-refractivity contribution >= 4 is 0 Å². The molecule has 1 aromatic carbocycles. The van der Waals surface area contributed by atoms with E-state index in [2.05, 4.69) is 0 Å². The Kier molecular flexibility index (Phi) is 3.03. The standard InChI is InChI=1S/C10H11F3O/c1-2-3-7-6-8(10(11,12)13)4-5-9(7)14/h4-6,14H,2-3H2,1H3. The van der Waals surface area contributed by atoms with Crippen molar-refractivity contribution in [3.8, 4) is 5.75 Å². The van der Waals surface area contributed by atoms with Gasteiger partial charge in [0.1, 0.15) is 5.75 Å². The van der Waals surface area contributed by atoms with Gasteiger partial charge in [0.05, 0.1) is 5.56 Å². The lowest BCUT2D eigenvalue weighted by molar-refractivity contribution is -0.137. The van der Waals surface area contributed by atoms with E-state index in [1.165, 1.54) is 0 Å². The van der Waals surface area contributed by atoms with E-state index in [1.54, 1.807) is 0 Å². The number of phenolic OH excluding ortho intramolecular Hbond substituents is 1. The monoisotopic (exact) mass is 204 g/mol. The first-order valence-corrected chi connectivity index (χ1v) is 4.34. The van der Waals surface area contributed by atoms with E-state index in [-0.39, 0.29) is 5.75 Å². The molecule has 14 heavy (non-hydrogen) atoms. The van der Waals surface area contributed by atoms with Crippen molar-refractivity contribution in [3.63, 3.8) is 0 Å². The van der Waals surface area contributed by atoms with E-state index in [0.29, 0.717) is 18.4 Å². The third-order valence-corrected chi connectivity index (χ3v) is 1.93. The quantitative estimate of drug-likeness (QED) is 0.783. The zero-order chi connectivity index (χ0) is 10.8. The van der Waals surface area contributed by atoms with Crippen molar-refractivity contribution in [1.29, 1.82) is 0 Å². The third-order valence-electron chi connectivity index (χ3n) is 1.93. The summed E-state index contributed by atoms with van der Waals surface area (Å²) in [6.45, 7) is 1.85. The number of hydrogen-bond donors (Lipinski definition) is 1. The van der Waals surface area contributed by atoms with E-state index in [9.17, 15) is 18.3 Å². The number of aromatic hydroxyl groups is 1. The van der Waals surface area contributed by atoms with Crippen LogP contribution in [0.4, 0.5) is 13.2 Å². The predicted octanol–water partition coefficient (Wildman–Crippen LogP) is 3.36. The highest BCUT2D eigenvalue weighted by Crippen LogP contribution is 2.32. The summed E-state index contributed by atoms with van der Waals surface area (Å²) in [5, 5.41) is 9.26. The lowest BCUT2D eigenvalue weighted by Gasteiger charge is -2.09. The Labute approximate surface area is 80.2 Å². The second kappa shape index (κ2) is 3.90. The van der Waals surface area contributed by atoms with Gasteiger partial charge in [-0.05, 0) is 30.2 Å². The molecule has 0 aliphatic carbocycles. The summed E-state index contributed by atoms with van der Waals surface area (Å²) in [6.07, 6.45) is -3.18. The Hall–Kier alpha value is -1.19. The molecule has 0 atom stereocenters. The van der Waals surface area contributed by atoms with Gasteiger partial charge in [-0.1, -0.05) is 13.3 Å². The van der Waals surface area contributed by atoms with Crippen LogP contribution in [0.2, 0.25) is 0 Å². The smallest absolute Gasteiger partial charge is 0.416 e. The first-order valence-electron chi connectivity index (χ1n) is 4.34. The van der Waals surface area contributed by atoms with Crippen LogP contribution in [0.5, 0.6) is 5.75 Å². The maximum absolute atomic E-state index is 12.3. The van der Waals surface area contributed by atoms with Crippen LogP contribution < -0.4 is 0 Å². The molecular formula is C10H11F3O. The minimum absolute atomic E-state index is 0.0696. The zero-order valence-corrected chi connectivity index (χ0v) is 7.73. The van der Waals surface area contributed by atoms with Crippen molar-refractivity contribution in [2.45, 2.75) is 25.9 Å². The molecule has 0 saturated carbocycles. The number of hydrogen-bond acceptors (Lipinski definition) is 1. The number of aryl methyl sites for hydroxylation is 1. The highest BCUT2D eigenvalue weighted by atomic mass is 19.4. The molecule has 1 rings (SSSR count). The predicted molar refractivity (Wildman–Crippen MR) is 47.1 cm³/mol. The number of halogens is 3. The summed E-state index contributed by atoms with van der Waals surface area (Å²) in [5.41, 5.74) is -0.360. The summed E-state index contributed by atoms with van der Waals surface area (Å²) in [5.74, 6) is -0.0696. The topological polar surface area (TPSA) is 20.2 Å². The Morgan fingerprint density at radius 3 is 2.43 bits per heavy atom. The molecule has 4 heteroatoms. The molecule has 0 heterocycles. The Morgan fingerprint density at radius 1 is 1.29 bits per heavy atom. The van der Waals surface area contributed by atoms with Crippen LogP contribution in [-0.4, -0.2) is 5.11 Å². The van der Waals surface area contributed by atoms with Crippen LogP contribution in [0, 0.1) is 0 Å². The maximum atomic E-state index is 12.3. The molecule has 0 saturated heterocycles. The zero-order valence-electron chi connectivity index (χ0n) is 7.73. The molecule has 0 amide bonds. The molecule has 1 nitrogen and oxygen atoms in total. The average molecular weight is 204 g/mol. The van der Waals surface area contributed by atoms with E-state index in [1.807, 2.05) is 6.92 Å². The van der Waals surface area contributed by atoms with Crippen LogP contribution in [0.15, 0.2) is 18.2 Å². The number of phenols is 1. The molecule has 0 fully saturated rings. The fraction of sp³-hybridized carbons (Fsp3) is 0.400.